The third kappa shape index (κ3) is 4.01. The van der Waals surface area contributed by atoms with Crippen LogP contribution in [0, 0.1) is 5.92 Å². The second kappa shape index (κ2) is 7.42. The number of hydrogen-bond donors (Lipinski definition) is 2. The molecule has 5 nitrogen and oxygen atoms in total. The number of amides is 1. The van der Waals surface area contributed by atoms with Gasteiger partial charge in [-0.3, -0.25) is 9.69 Å². The quantitative estimate of drug-likeness (QED) is 0.873. The molecule has 0 aliphatic carbocycles. The predicted octanol–water partition coefficient (Wildman–Crippen LogP) is 2.50. The molecule has 1 aromatic carbocycles. The van der Waals surface area contributed by atoms with Crippen LogP contribution in [0.25, 0.3) is 10.6 Å². The van der Waals surface area contributed by atoms with Crippen molar-refractivity contribution in [3.63, 3.8) is 0 Å². The van der Waals surface area contributed by atoms with Crippen molar-refractivity contribution in [2.45, 2.75) is 32.4 Å². The molecule has 1 atom stereocenters. The molecule has 1 aliphatic rings. The van der Waals surface area contributed by atoms with Crippen molar-refractivity contribution in [1.29, 1.82) is 0 Å². The lowest BCUT2D eigenvalue weighted by Crippen LogP contribution is -2.36. The summed E-state index contributed by atoms with van der Waals surface area (Å²) < 4.78 is 0. The number of hydrogen-bond acceptors (Lipinski definition) is 5. The lowest BCUT2D eigenvalue weighted by molar-refractivity contribution is 0.0692. The molecule has 24 heavy (non-hydrogen) atoms. The van der Waals surface area contributed by atoms with Crippen LogP contribution in [0.4, 0.5) is 0 Å². The van der Waals surface area contributed by atoms with Crippen molar-refractivity contribution >= 4 is 17.2 Å². The molecule has 6 heteroatoms. The Bertz CT molecular complexity index is 689. The summed E-state index contributed by atoms with van der Waals surface area (Å²) >= 11 is 1.62. The number of aliphatic hydroxyl groups is 1. The molecule has 1 aliphatic heterocycles. The Kier molecular flexibility index (Phi) is 5.28. The number of rotatable bonds is 5. The summed E-state index contributed by atoms with van der Waals surface area (Å²) in [5.41, 5.74) is 7.85. The SMILES string of the molecule is CC(O)C1CCN(Cc2csc(-c3ccc(C(N)=O)cc3)n2)CC1. The van der Waals surface area contributed by atoms with Crippen LogP contribution in [0.5, 0.6) is 0 Å². The van der Waals surface area contributed by atoms with E-state index >= 15 is 0 Å². The summed E-state index contributed by atoms with van der Waals surface area (Å²) in [5.74, 6) is 0.0120. The van der Waals surface area contributed by atoms with Gasteiger partial charge < -0.3 is 10.8 Å². The average Bonchev–Trinajstić information content (AvgIpc) is 3.04. The summed E-state index contributed by atoms with van der Waals surface area (Å²) in [5, 5.41) is 12.7. The van der Waals surface area contributed by atoms with E-state index in [2.05, 4.69) is 10.3 Å². The molecule has 3 N–H and O–H groups in total. The van der Waals surface area contributed by atoms with Gasteiger partial charge in [-0.1, -0.05) is 12.1 Å². The molecular formula is C18H23N3O2S. The van der Waals surface area contributed by atoms with Crippen molar-refractivity contribution in [2.24, 2.45) is 11.7 Å². The third-order valence-corrected chi connectivity index (χ3v) is 5.61. The second-order valence-electron chi connectivity index (χ2n) is 6.44. The number of benzene rings is 1. The minimum Gasteiger partial charge on any atom is -0.393 e. The molecule has 0 radical (unpaired) electrons. The molecule has 1 fully saturated rings. The molecule has 2 aromatic rings. The van der Waals surface area contributed by atoms with Crippen LogP contribution >= 0.6 is 11.3 Å². The maximum atomic E-state index is 11.1. The van der Waals surface area contributed by atoms with Crippen molar-refractivity contribution in [3.05, 3.63) is 40.9 Å². The molecule has 1 amide bonds. The Balaban J connectivity index is 1.61. The highest BCUT2D eigenvalue weighted by atomic mass is 32.1. The van der Waals surface area contributed by atoms with Gasteiger partial charge in [-0.05, 0) is 50.9 Å². The number of aromatic nitrogens is 1. The van der Waals surface area contributed by atoms with Gasteiger partial charge >= 0.3 is 0 Å². The Morgan fingerprint density at radius 3 is 2.62 bits per heavy atom. The lowest BCUT2D eigenvalue weighted by Gasteiger charge is -2.32. The van der Waals surface area contributed by atoms with Gasteiger partial charge in [0.1, 0.15) is 5.01 Å². The van der Waals surface area contributed by atoms with E-state index in [9.17, 15) is 9.90 Å². The van der Waals surface area contributed by atoms with Crippen LogP contribution in [0.15, 0.2) is 29.6 Å². The monoisotopic (exact) mass is 345 g/mol. The van der Waals surface area contributed by atoms with Crippen LogP contribution in [-0.4, -0.2) is 40.1 Å². The highest BCUT2D eigenvalue weighted by molar-refractivity contribution is 7.13. The highest BCUT2D eigenvalue weighted by Crippen LogP contribution is 2.26. The zero-order valence-electron chi connectivity index (χ0n) is 13.8. The number of piperidine rings is 1. The summed E-state index contributed by atoms with van der Waals surface area (Å²) in [4.78, 5) is 18.2. The van der Waals surface area contributed by atoms with Crippen LogP contribution in [-0.2, 0) is 6.54 Å². The maximum absolute atomic E-state index is 11.1. The molecule has 3 rings (SSSR count). The minimum atomic E-state index is -0.415. The molecule has 128 valence electrons. The van der Waals surface area contributed by atoms with E-state index in [1.165, 1.54) is 0 Å². The zero-order chi connectivity index (χ0) is 17.1. The Morgan fingerprint density at radius 2 is 2.04 bits per heavy atom. The topological polar surface area (TPSA) is 79.5 Å². The average molecular weight is 345 g/mol. The molecule has 2 heterocycles. The number of likely N-dealkylation sites (tertiary alicyclic amines) is 1. The molecule has 0 spiro atoms. The zero-order valence-corrected chi connectivity index (χ0v) is 14.6. The van der Waals surface area contributed by atoms with Gasteiger partial charge in [-0.25, -0.2) is 4.98 Å². The van der Waals surface area contributed by atoms with E-state index in [0.29, 0.717) is 11.5 Å². The number of carbonyl (C=O) groups is 1. The molecular weight excluding hydrogens is 322 g/mol. The van der Waals surface area contributed by atoms with Crippen molar-refractivity contribution in [3.8, 4) is 10.6 Å². The number of nitrogens with two attached hydrogens (primary N) is 1. The minimum absolute atomic E-state index is 0.207. The summed E-state index contributed by atoms with van der Waals surface area (Å²) in [7, 11) is 0. The van der Waals surface area contributed by atoms with Gasteiger partial charge in [0.2, 0.25) is 5.91 Å². The van der Waals surface area contributed by atoms with E-state index in [0.717, 1.165) is 48.7 Å². The van der Waals surface area contributed by atoms with Gasteiger partial charge in [0.15, 0.2) is 0 Å². The van der Waals surface area contributed by atoms with Gasteiger partial charge in [0.05, 0.1) is 11.8 Å². The first-order valence-electron chi connectivity index (χ1n) is 8.28. The predicted molar refractivity (Wildman–Crippen MR) is 95.7 cm³/mol. The van der Waals surface area contributed by atoms with Gasteiger partial charge in [0, 0.05) is 23.1 Å². The maximum Gasteiger partial charge on any atom is 0.248 e. The molecule has 1 saturated heterocycles. The fourth-order valence-corrected chi connectivity index (χ4v) is 3.93. The number of primary amides is 1. The van der Waals surface area contributed by atoms with Crippen molar-refractivity contribution < 1.29 is 9.90 Å². The molecule has 0 saturated carbocycles. The third-order valence-electron chi connectivity index (χ3n) is 4.67. The highest BCUT2D eigenvalue weighted by Gasteiger charge is 2.23. The fourth-order valence-electron chi connectivity index (χ4n) is 3.11. The molecule has 1 unspecified atom stereocenters. The van der Waals surface area contributed by atoms with Crippen molar-refractivity contribution in [1.82, 2.24) is 9.88 Å². The molecule has 0 bridgehead atoms. The Morgan fingerprint density at radius 1 is 1.38 bits per heavy atom. The lowest BCUT2D eigenvalue weighted by atomic mass is 9.92. The van der Waals surface area contributed by atoms with Gasteiger partial charge in [-0.2, -0.15) is 0 Å². The van der Waals surface area contributed by atoms with Crippen LogP contribution < -0.4 is 5.73 Å². The largest absolute Gasteiger partial charge is 0.393 e. The standard InChI is InChI=1S/C18H23N3O2S/c1-12(22)13-6-8-21(9-7-13)10-16-11-24-18(20-16)15-4-2-14(3-5-15)17(19)23/h2-5,11-13,22H,6-10H2,1H3,(H2,19,23). The smallest absolute Gasteiger partial charge is 0.248 e. The van der Waals surface area contributed by atoms with Crippen LogP contribution in [0.1, 0.15) is 35.8 Å². The van der Waals surface area contributed by atoms with E-state index in [-0.39, 0.29) is 6.10 Å². The second-order valence-corrected chi connectivity index (χ2v) is 7.30. The Labute approximate surface area is 146 Å². The van der Waals surface area contributed by atoms with Crippen molar-refractivity contribution in [2.75, 3.05) is 13.1 Å². The number of carbonyl (C=O) groups excluding carboxylic acids is 1. The van der Waals surface area contributed by atoms with E-state index in [1.807, 2.05) is 19.1 Å². The van der Waals surface area contributed by atoms with Gasteiger partial charge in [-0.15, -0.1) is 11.3 Å². The fraction of sp³-hybridized carbons (Fsp3) is 0.444. The summed E-state index contributed by atoms with van der Waals surface area (Å²) in [6.07, 6.45) is 1.88. The van der Waals surface area contributed by atoms with E-state index < -0.39 is 5.91 Å². The van der Waals surface area contributed by atoms with E-state index in [4.69, 9.17) is 10.7 Å². The first-order valence-corrected chi connectivity index (χ1v) is 9.16. The van der Waals surface area contributed by atoms with E-state index in [1.54, 1.807) is 23.5 Å². The van der Waals surface area contributed by atoms with Crippen LogP contribution in [0.2, 0.25) is 0 Å². The summed E-state index contributed by atoms with van der Waals surface area (Å²) in [6.45, 7) is 4.75. The number of nitrogens with zero attached hydrogens (tertiary/aromatic N) is 2. The van der Waals surface area contributed by atoms with Crippen LogP contribution in [0.3, 0.4) is 0 Å². The normalized spacial score (nSPS) is 17.8. The number of thiazole rings is 1. The summed E-state index contributed by atoms with van der Waals surface area (Å²) in [6, 6.07) is 7.24. The number of aliphatic hydroxyl groups excluding tert-OH is 1. The first kappa shape index (κ1) is 17.1. The first-order chi connectivity index (χ1) is 11.5. The Hall–Kier alpha value is -1.76. The molecule has 1 aromatic heterocycles. The van der Waals surface area contributed by atoms with Gasteiger partial charge in [0.25, 0.3) is 0 Å².